The number of ether oxygens (including phenoxy) is 2. The summed E-state index contributed by atoms with van der Waals surface area (Å²) < 4.78 is 36.6. The van der Waals surface area contributed by atoms with Gasteiger partial charge in [0.2, 0.25) is 0 Å². The van der Waals surface area contributed by atoms with Gasteiger partial charge in [0.15, 0.2) is 5.11 Å². The van der Waals surface area contributed by atoms with Crippen molar-refractivity contribution in [2.75, 3.05) is 24.9 Å². The van der Waals surface area contributed by atoms with Crippen LogP contribution in [0.1, 0.15) is 0 Å². The van der Waals surface area contributed by atoms with Crippen LogP contribution >= 0.6 is 12.2 Å². The molecule has 0 spiro atoms. The molecule has 0 saturated carbocycles. The fourth-order valence-corrected chi connectivity index (χ4v) is 2.08. The Hall–Kier alpha value is -3.14. The number of rotatable bonds is 4. The molecule has 0 bridgehead atoms. The highest BCUT2D eigenvalue weighted by Gasteiger charge is 2.10. The van der Waals surface area contributed by atoms with E-state index in [4.69, 9.17) is 21.7 Å². The van der Waals surface area contributed by atoms with Crippen molar-refractivity contribution in [3.05, 3.63) is 48.0 Å². The summed E-state index contributed by atoms with van der Waals surface area (Å²) in [6.07, 6.45) is 0. The lowest BCUT2D eigenvalue weighted by Crippen LogP contribution is -2.45. The van der Waals surface area contributed by atoms with Crippen molar-refractivity contribution in [2.24, 2.45) is 0 Å². The Morgan fingerprint density at radius 2 is 1.73 bits per heavy atom. The van der Waals surface area contributed by atoms with Gasteiger partial charge in [-0.25, -0.2) is 19.0 Å². The highest BCUT2D eigenvalue weighted by molar-refractivity contribution is 7.80. The van der Waals surface area contributed by atoms with E-state index in [-0.39, 0.29) is 10.8 Å². The molecule has 7 nitrogen and oxygen atoms in total. The van der Waals surface area contributed by atoms with Gasteiger partial charge in [0.05, 0.1) is 25.6 Å². The minimum absolute atomic E-state index is 0.0411. The van der Waals surface area contributed by atoms with Crippen LogP contribution in [-0.2, 0) is 0 Å². The number of methoxy groups -OCH3 is 2. The number of anilines is 2. The molecule has 2 aromatic carbocycles. The first kappa shape index (κ1) is 19.2. The van der Waals surface area contributed by atoms with Crippen LogP contribution in [0.25, 0.3) is 0 Å². The zero-order valence-electron chi connectivity index (χ0n) is 13.9. The molecule has 0 aromatic heterocycles. The zero-order chi connectivity index (χ0) is 19.1. The summed E-state index contributed by atoms with van der Waals surface area (Å²) in [4.78, 5) is 12.0. The van der Waals surface area contributed by atoms with Gasteiger partial charge >= 0.3 is 6.03 Å². The van der Waals surface area contributed by atoms with E-state index in [0.717, 1.165) is 6.07 Å². The van der Waals surface area contributed by atoms with E-state index < -0.39 is 17.7 Å². The van der Waals surface area contributed by atoms with Crippen LogP contribution in [0.5, 0.6) is 11.5 Å². The van der Waals surface area contributed by atoms with Crippen molar-refractivity contribution in [3.63, 3.8) is 0 Å². The average Bonchev–Trinajstić information content (AvgIpc) is 2.62. The molecule has 10 heteroatoms. The number of halogens is 2. The van der Waals surface area contributed by atoms with Gasteiger partial charge in [-0.15, -0.1) is 0 Å². The smallest absolute Gasteiger partial charge is 0.338 e. The first-order chi connectivity index (χ1) is 12.4. The number of thiocarbonyl (C=S) groups is 1. The molecule has 0 heterocycles. The summed E-state index contributed by atoms with van der Waals surface area (Å²) in [5, 5.41) is 4.94. The molecule has 0 unspecified atom stereocenters. The molecule has 4 N–H and O–H groups in total. The Morgan fingerprint density at radius 1 is 0.962 bits per heavy atom. The lowest BCUT2D eigenvalue weighted by Gasteiger charge is -2.14. The standard InChI is InChI=1S/C16H16F2N4O3S/c1-24-10-4-6-14(25-2)13(8-10)19-15(23)21-22-16(26)20-12-5-3-9(17)7-11(12)18/h3-8H,1-2H3,(H2,19,21,23)(H2,20,22,26). The van der Waals surface area contributed by atoms with E-state index in [0.29, 0.717) is 23.3 Å². The largest absolute Gasteiger partial charge is 0.497 e. The first-order valence-electron chi connectivity index (χ1n) is 7.24. The Balaban J connectivity index is 1.91. The van der Waals surface area contributed by atoms with Crippen LogP contribution < -0.4 is 31.0 Å². The summed E-state index contributed by atoms with van der Waals surface area (Å²) in [5.74, 6) is -0.579. The second-order valence-electron chi connectivity index (χ2n) is 4.85. The highest BCUT2D eigenvalue weighted by atomic mass is 32.1. The molecule has 0 fully saturated rings. The van der Waals surface area contributed by atoms with Crippen molar-refractivity contribution in [2.45, 2.75) is 0 Å². The van der Waals surface area contributed by atoms with Crippen LogP contribution in [0.3, 0.4) is 0 Å². The molecule has 0 aliphatic heterocycles. The van der Waals surface area contributed by atoms with E-state index in [2.05, 4.69) is 21.5 Å². The average molecular weight is 382 g/mol. The van der Waals surface area contributed by atoms with Gasteiger partial charge in [0, 0.05) is 12.1 Å². The maximum Gasteiger partial charge on any atom is 0.338 e. The van der Waals surface area contributed by atoms with Gasteiger partial charge in [-0.3, -0.25) is 5.43 Å². The number of urea groups is 1. The van der Waals surface area contributed by atoms with Gasteiger partial charge in [-0.05, 0) is 36.5 Å². The van der Waals surface area contributed by atoms with E-state index in [1.54, 1.807) is 18.2 Å². The third-order valence-corrected chi connectivity index (χ3v) is 3.33. The topological polar surface area (TPSA) is 83.7 Å². The van der Waals surface area contributed by atoms with Crippen molar-refractivity contribution >= 4 is 34.7 Å². The number of hydrazine groups is 1. The molecular weight excluding hydrogens is 366 g/mol. The molecule has 2 aromatic rings. The fraction of sp³-hybridized carbons (Fsp3) is 0.125. The van der Waals surface area contributed by atoms with E-state index >= 15 is 0 Å². The predicted molar refractivity (Wildman–Crippen MR) is 97.4 cm³/mol. The monoisotopic (exact) mass is 382 g/mol. The molecule has 26 heavy (non-hydrogen) atoms. The molecule has 0 radical (unpaired) electrons. The predicted octanol–water partition coefficient (Wildman–Crippen LogP) is 3.01. The normalized spacial score (nSPS) is 9.85. The van der Waals surface area contributed by atoms with Crippen LogP contribution in [0.4, 0.5) is 25.0 Å². The lowest BCUT2D eigenvalue weighted by molar-refractivity contribution is 0.250. The Bertz CT molecular complexity index is 820. The molecule has 2 rings (SSSR count). The summed E-state index contributed by atoms with van der Waals surface area (Å²) in [6, 6.07) is 7.19. The minimum atomic E-state index is -0.820. The maximum atomic E-state index is 13.5. The number of hydrogen-bond donors (Lipinski definition) is 4. The minimum Gasteiger partial charge on any atom is -0.497 e. The van der Waals surface area contributed by atoms with Gasteiger partial charge in [-0.2, -0.15) is 0 Å². The van der Waals surface area contributed by atoms with Gasteiger partial charge in [0.1, 0.15) is 23.1 Å². The van der Waals surface area contributed by atoms with Gasteiger partial charge < -0.3 is 20.1 Å². The van der Waals surface area contributed by atoms with Crippen molar-refractivity contribution in [3.8, 4) is 11.5 Å². The molecule has 0 saturated heterocycles. The SMILES string of the molecule is COc1ccc(OC)c(NC(=O)NNC(=S)Nc2ccc(F)cc2F)c1. The van der Waals surface area contributed by atoms with E-state index in [9.17, 15) is 13.6 Å². The number of nitrogens with one attached hydrogen (secondary N) is 4. The number of benzene rings is 2. The molecule has 2 amide bonds. The second-order valence-corrected chi connectivity index (χ2v) is 5.26. The Labute approximate surface area is 153 Å². The third kappa shape index (κ3) is 5.18. The lowest BCUT2D eigenvalue weighted by atomic mass is 10.2. The second kappa shape index (κ2) is 8.81. The van der Waals surface area contributed by atoms with Crippen molar-refractivity contribution in [1.29, 1.82) is 0 Å². The number of hydrogen-bond acceptors (Lipinski definition) is 4. The Kier molecular flexibility index (Phi) is 6.50. The summed E-state index contributed by atoms with van der Waals surface area (Å²) in [5.41, 5.74) is 4.99. The molecular formula is C16H16F2N4O3S. The van der Waals surface area contributed by atoms with Crippen LogP contribution in [0.2, 0.25) is 0 Å². The van der Waals surface area contributed by atoms with E-state index in [1.165, 1.54) is 20.3 Å². The number of amides is 2. The van der Waals surface area contributed by atoms with Crippen molar-refractivity contribution in [1.82, 2.24) is 10.9 Å². The Morgan fingerprint density at radius 3 is 2.38 bits per heavy atom. The van der Waals surface area contributed by atoms with Crippen LogP contribution in [0.15, 0.2) is 36.4 Å². The molecule has 0 aliphatic carbocycles. The summed E-state index contributed by atoms with van der Waals surface area (Å²) >= 11 is 4.93. The quantitative estimate of drug-likeness (QED) is 0.481. The van der Waals surface area contributed by atoms with Crippen LogP contribution in [-0.4, -0.2) is 25.4 Å². The van der Waals surface area contributed by atoms with Crippen LogP contribution in [0, 0.1) is 11.6 Å². The van der Waals surface area contributed by atoms with Gasteiger partial charge in [0.25, 0.3) is 0 Å². The molecule has 0 atom stereocenters. The van der Waals surface area contributed by atoms with Gasteiger partial charge in [-0.1, -0.05) is 0 Å². The van der Waals surface area contributed by atoms with E-state index in [1.807, 2.05) is 0 Å². The maximum absolute atomic E-state index is 13.5. The fourth-order valence-electron chi connectivity index (χ4n) is 1.92. The van der Waals surface area contributed by atoms with Crippen molar-refractivity contribution < 1.29 is 23.0 Å². The third-order valence-electron chi connectivity index (χ3n) is 3.12. The number of carbonyl (C=O) groups excluding carboxylic acids is 1. The summed E-state index contributed by atoms with van der Waals surface area (Å²) in [6.45, 7) is 0. The molecule has 0 aliphatic rings. The highest BCUT2D eigenvalue weighted by Crippen LogP contribution is 2.28. The zero-order valence-corrected chi connectivity index (χ0v) is 14.7. The first-order valence-corrected chi connectivity index (χ1v) is 7.65. The number of carbonyl (C=O) groups is 1. The summed E-state index contributed by atoms with van der Waals surface area (Å²) in [7, 11) is 2.95. The molecule has 138 valence electrons.